The van der Waals surface area contributed by atoms with E-state index in [1.807, 2.05) is 4.98 Å². The van der Waals surface area contributed by atoms with Crippen LogP contribution in [0.2, 0.25) is 0 Å². The predicted octanol–water partition coefficient (Wildman–Crippen LogP) is 0.0293. The van der Waals surface area contributed by atoms with Crippen molar-refractivity contribution in [3.63, 3.8) is 0 Å². The van der Waals surface area contributed by atoms with Gasteiger partial charge in [0, 0.05) is 0 Å². The van der Waals surface area contributed by atoms with Gasteiger partial charge in [-0.3, -0.25) is 14.3 Å². The standard InChI is InChI=1S/C11H12FN2O6PS/c1-21(17)19-4-11-3-18-6(7(11)22)9(20-11)14-2-5(12)8(15)13-10(14)16/h2,6-7,9H,3-4H2,1H3,(H-,13,15,16,22)/p+1/t6-,7+,9-,11-/m1/s1. The summed E-state index contributed by atoms with van der Waals surface area (Å²) in [6.45, 7) is 1.54. The molecule has 3 heterocycles. The number of rotatable bonds is 4. The number of halogens is 1. The van der Waals surface area contributed by atoms with E-state index in [1.54, 1.807) is 0 Å². The quantitative estimate of drug-likeness (QED) is 0.587. The van der Waals surface area contributed by atoms with Crippen molar-refractivity contribution in [3.05, 3.63) is 32.9 Å². The number of nitrogens with one attached hydrogen (secondary N) is 1. The number of fused-ring (bicyclic) bond motifs is 2. The maximum absolute atomic E-state index is 13.4. The molecule has 11 heteroatoms. The molecule has 2 fully saturated rings. The third-order valence-electron chi connectivity index (χ3n) is 3.70. The van der Waals surface area contributed by atoms with Crippen molar-refractivity contribution >= 4 is 20.7 Å². The van der Waals surface area contributed by atoms with Crippen LogP contribution in [0.5, 0.6) is 0 Å². The lowest BCUT2D eigenvalue weighted by Gasteiger charge is -2.29. The van der Waals surface area contributed by atoms with E-state index in [9.17, 15) is 18.5 Å². The summed E-state index contributed by atoms with van der Waals surface area (Å²) in [6.07, 6.45) is -0.802. The van der Waals surface area contributed by atoms with E-state index in [0.717, 1.165) is 10.8 Å². The van der Waals surface area contributed by atoms with Crippen LogP contribution in [-0.2, 0) is 18.6 Å². The summed E-state index contributed by atoms with van der Waals surface area (Å²) in [5.74, 6) is -1.11. The Hall–Kier alpha value is -1.06. The molecule has 0 amide bonds. The fourth-order valence-electron chi connectivity index (χ4n) is 2.59. The Bertz CT molecular complexity index is 738. The first-order chi connectivity index (χ1) is 10.3. The molecule has 0 spiro atoms. The molecule has 0 radical (unpaired) electrons. The lowest BCUT2D eigenvalue weighted by molar-refractivity contribution is -0.181. The molecule has 0 aliphatic carbocycles. The van der Waals surface area contributed by atoms with Gasteiger partial charge < -0.3 is 9.47 Å². The summed E-state index contributed by atoms with van der Waals surface area (Å²) in [5, 5.41) is -0.450. The summed E-state index contributed by atoms with van der Waals surface area (Å²) in [5.41, 5.74) is -2.90. The highest BCUT2D eigenvalue weighted by Gasteiger charge is 2.62. The number of aromatic amines is 1. The first-order valence-electron chi connectivity index (χ1n) is 6.36. The zero-order valence-electron chi connectivity index (χ0n) is 11.4. The molecule has 22 heavy (non-hydrogen) atoms. The fraction of sp³-hybridized carbons (Fsp3) is 0.636. The molecule has 2 bridgehead atoms. The van der Waals surface area contributed by atoms with Crippen LogP contribution in [0.1, 0.15) is 6.23 Å². The maximum Gasteiger partial charge on any atom is 0.504 e. The highest BCUT2D eigenvalue weighted by molar-refractivity contribution is 7.81. The van der Waals surface area contributed by atoms with Crippen molar-refractivity contribution in [2.24, 2.45) is 0 Å². The second kappa shape index (κ2) is 5.54. The number of aromatic nitrogens is 2. The Labute approximate surface area is 129 Å². The van der Waals surface area contributed by atoms with Crippen molar-refractivity contribution in [1.82, 2.24) is 9.55 Å². The summed E-state index contributed by atoms with van der Waals surface area (Å²) in [6, 6.07) is 0. The number of ether oxygens (including phenoxy) is 2. The molecule has 0 saturated carbocycles. The molecule has 2 saturated heterocycles. The van der Waals surface area contributed by atoms with Crippen LogP contribution >= 0.6 is 20.7 Å². The first-order valence-corrected chi connectivity index (χ1v) is 8.50. The van der Waals surface area contributed by atoms with Crippen molar-refractivity contribution in [3.8, 4) is 0 Å². The molecule has 2 aliphatic heterocycles. The molecule has 3 rings (SSSR count). The lowest BCUT2D eigenvalue weighted by atomic mass is 10.0. The van der Waals surface area contributed by atoms with E-state index in [1.165, 1.54) is 6.66 Å². The number of H-pyrrole nitrogens is 1. The van der Waals surface area contributed by atoms with Crippen molar-refractivity contribution in [2.45, 2.75) is 23.2 Å². The van der Waals surface area contributed by atoms with Gasteiger partial charge in [-0.05, 0) is 4.57 Å². The molecule has 8 nitrogen and oxygen atoms in total. The van der Waals surface area contributed by atoms with Gasteiger partial charge in [0.1, 0.15) is 18.3 Å². The van der Waals surface area contributed by atoms with Crippen LogP contribution in [0, 0.1) is 5.82 Å². The number of thiol groups is 1. The topological polar surface area (TPSA) is 99.6 Å². The number of nitrogens with zero attached hydrogens (tertiary/aromatic N) is 1. The van der Waals surface area contributed by atoms with E-state index in [2.05, 4.69) is 12.6 Å². The van der Waals surface area contributed by atoms with Gasteiger partial charge in [0.15, 0.2) is 12.9 Å². The van der Waals surface area contributed by atoms with E-state index >= 15 is 0 Å². The molecule has 1 aromatic heterocycles. The monoisotopic (exact) mass is 351 g/mol. The lowest BCUT2D eigenvalue weighted by Crippen LogP contribution is -2.44. The molecule has 0 aromatic carbocycles. The van der Waals surface area contributed by atoms with Gasteiger partial charge in [0.2, 0.25) is 5.82 Å². The molecule has 1 unspecified atom stereocenters. The number of hydrogen-bond acceptors (Lipinski definition) is 7. The Morgan fingerprint density at radius 2 is 2.36 bits per heavy atom. The Morgan fingerprint density at radius 1 is 1.64 bits per heavy atom. The minimum absolute atomic E-state index is 0.0273. The number of hydrogen-bond donors (Lipinski definition) is 2. The van der Waals surface area contributed by atoms with Crippen molar-refractivity contribution in [2.75, 3.05) is 19.9 Å². The van der Waals surface area contributed by atoms with E-state index in [-0.39, 0.29) is 13.2 Å². The Morgan fingerprint density at radius 3 is 3.05 bits per heavy atom. The van der Waals surface area contributed by atoms with Gasteiger partial charge in [-0.15, -0.1) is 4.52 Å². The normalized spacial score (nSPS) is 34.1. The SMILES string of the molecule is C[P+](=O)OC[C@@]12CO[C@@H]([C@H](n3cc(F)c(=O)[nH]c3=O)O1)[C@@H]2S. The third kappa shape index (κ3) is 2.44. The fourth-order valence-corrected chi connectivity index (χ4v) is 3.43. The average Bonchev–Trinajstić information content (AvgIpc) is 2.91. The van der Waals surface area contributed by atoms with Gasteiger partial charge >= 0.3 is 13.7 Å². The van der Waals surface area contributed by atoms with Crippen molar-refractivity contribution < 1.29 is 23.0 Å². The second-order valence-electron chi connectivity index (χ2n) is 5.15. The van der Waals surface area contributed by atoms with Gasteiger partial charge in [-0.2, -0.15) is 17.0 Å². The summed E-state index contributed by atoms with van der Waals surface area (Å²) < 4.78 is 41.9. The van der Waals surface area contributed by atoms with Crippen LogP contribution in [0.4, 0.5) is 4.39 Å². The minimum Gasteiger partial charge on any atom is -0.369 e. The van der Waals surface area contributed by atoms with Gasteiger partial charge in [-0.25, -0.2) is 4.79 Å². The first kappa shape index (κ1) is 15.8. The smallest absolute Gasteiger partial charge is 0.369 e. The van der Waals surface area contributed by atoms with Gasteiger partial charge in [-0.1, -0.05) is 0 Å². The highest BCUT2D eigenvalue weighted by atomic mass is 32.1. The molecule has 120 valence electrons. The van der Waals surface area contributed by atoms with Crippen LogP contribution in [0.3, 0.4) is 0 Å². The third-order valence-corrected chi connectivity index (χ3v) is 4.95. The maximum atomic E-state index is 13.4. The molecule has 2 aliphatic rings. The largest absolute Gasteiger partial charge is 0.504 e. The van der Waals surface area contributed by atoms with Crippen LogP contribution in [0.25, 0.3) is 0 Å². The Kier molecular flexibility index (Phi) is 3.98. The molecular formula is C11H13FN2O6PS+. The second-order valence-corrected chi connectivity index (χ2v) is 6.84. The molecule has 1 aromatic rings. The predicted molar refractivity (Wildman–Crippen MR) is 76.1 cm³/mol. The summed E-state index contributed by atoms with van der Waals surface area (Å²) >= 11 is 4.42. The van der Waals surface area contributed by atoms with E-state index in [0.29, 0.717) is 0 Å². The van der Waals surface area contributed by atoms with Crippen LogP contribution < -0.4 is 11.2 Å². The van der Waals surface area contributed by atoms with Gasteiger partial charge in [0.25, 0.3) is 5.56 Å². The zero-order chi connectivity index (χ0) is 16.1. The van der Waals surface area contributed by atoms with Crippen molar-refractivity contribution in [1.29, 1.82) is 0 Å². The zero-order valence-corrected chi connectivity index (χ0v) is 13.2. The van der Waals surface area contributed by atoms with Crippen LogP contribution in [0.15, 0.2) is 15.8 Å². The molecule has 5 atom stereocenters. The minimum atomic E-state index is -1.83. The average molecular weight is 351 g/mol. The van der Waals surface area contributed by atoms with Crippen LogP contribution in [-0.4, -0.2) is 46.4 Å². The van der Waals surface area contributed by atoms with Gasteiger partial charge in [0.05, 0.1) is 18.1 Å². The van der Waals surface area contributed by atoms with E-state index in [4.69, 9.17) is 14.0 Å². The Balaban J connectivity index is 1.92. The molecular weight excluding hydrogens is 338 g/mol. The summed E-state index contributed by atoms with van der Waals surface area (Å²) in [7, 11) is -1.83. The van der Waals surface area contributed by atoms with E-state index < -0.39 is 48.3 Å². The highest BCUT2D eigenvalue weighted by Crippen LogP contribution is 2.48. The summed E-state index contributed by atoms with van der Waals surface area (Å²) in [4.78, 5) is 24.8. The molecule has 1 N–H and O–H groups in total.